The quantitative estimate of drug-likeness (QED) is 0.772. The fourth-order valence-corrected chi connectivity index (χ4v) is 4.18. The molecule has 2 rings (SSSR count). The maximum atomic E-state index is 12.2. The summed E-state index contributed by atoms with van der Waals surface area (Å²) in [4.78, 5) is 0. The summed E-state index contributed by atoms with van der Waals surface area (Å²) in [6.45, 7) is 1.96. The SMILES string of the molecule is NCc1cccc(OCCCS(=O)(=O)C2CCOCC2)c1. The number of benzene rings is 1. The van der Waals surface area contributed by atoms with E-state index >= 15 is 0 Å². The van der Waals surface area contributed by atoms with Gasteiger partial charge in [0.25, 0.3) is 0 Å². The summed E-state index contributed by atoms with van der Waals surface area (Å²) in [5.74, 6) is 0.912. The number of rotatable bonds is 7. The fraction of sp³-hybridized carbons (Fsp3) is 0.600. The van der Waals surface area contributed by atoms with Gasteiger partial charge in [-0.2, -0.15) is 0 Å². The highest BCUT2D eigenvalue weighted by molar-refractivity contribution is 7.92. The van der Waals surface area contributed by atoms with Crippen LogP contribution in [0.25, 0.3) is 0 Å². The van der Waals surface area contributed by atoms with Crippen LogP contribution in [0.4, 0.5) is 0 Å². The molecule has 0 saturated carbocycles. The predicted octanol–water partition coefficient (Wildman–Crippen LogP) is 1.51. The van der Waals surface area contributed by atoms with Gasteiger partial charge in [0.15, 0.2) is 9.84 Å². The van der Waals surface area contributed by atoms with Crippen LogP contribution in [-0.2, 0) is 21.1 Å². The molecular formula is C15H23NO4S. The molecule has 1 heterocycles. The molecule has 0 spiro atoms. The van der Waals surface area contributed by atoms with Crippen molar-refractivity contribution in [2.24, 2.45) is 5.73 Å². The molecule has 1 saturated heterocycles. The van der Waals surface area contributed by atoms with Crippen molar-refractivity contribution >= 4 is 9.84 Å². The largest absolute Gasteiger partial charge is 0.494 e. The molecule has 118 valence electrons. The fourth-order valence-electron chi connectivity index (χ4n) is 2.41. The Bertz CT molecular complexity index is 538. The first-order valence-corrected chi connectivity index (χ1v) is 9.04. The minimum atomic E-state index is -3.03. The molecule has 1 aromatic carbocycles. The lowest BCUT2D eigenvalue weighted by molar-refractivity contribution is 0.0983. The number of ether oxygens (including phenoxy) is 2. The maximum absolute atomic E-state index is 12.2. The van der Waals surface area contributed by atoms with Crippen molar-refractivity contribution < 1.29 is 17.9 Å². The van der Waals surface area contributed by atoms with Gasteiger partial charge in [-0.1, -0.05) is 12.1 Å². The molecule has 0 aromatic heterocycles. The molecule has 1 aliphatic rings. The normalized spacial score (nSPS) is 16.8. The van der Waals surface area contributed by atoms with Crippen molar-refractivity contribution in [3.63, 3.8) is 0 Å². The Kier molecular flexibility index (Phi) is 6.02. The number of nitrogens with two attached hydrogens (primary N) is 1. The lowest BCUT2D eigenvalue weighted by atomic mass is 10.2. The van der Waals surface area contributed by atoms with Crippen LogP contribution in [0.5, 0.6) is 5.75 Å². The molecule has 0 bridgehead atoms. The average Bonchev–Trinajstić information content (AvgIpc) is 2.53. The first-order chi connectivity index (χ1) is 10.1. The molecule has 6 heteroatoms. The van der Waals surface area contributed by atoms with Gasteiger partial charge in [0.1, 0.15) is 5.75 Å². The molecule has 0 radical (unpaired) electrons. The van der Waals surface area contributed by atoms with E-state index in [0.717, 1.165) is 11.3 Å². The molecular weight excluding hydrogens is 290 g/mol. The van der Waals surface area contributed by atoms with E-state index in [1.165, 1.54) is 0 Å². The monoisotopic (exact) mass is 313 g/mol. The molecule has 0 atom stereocenters. The minimum Gasteiger partial charge on any atom is -0.494 e. The first-order valence-electron chi connectivity index (χ1n) is 7.33. The molecule has 21 heavy (non-hydrogen) atoms. The highest BCUT2D eigenvalue weighted by atomic mass is 32.2. The average molecular weight is 313 g/mol. The van der Waals surface area contributed by atoms with Crippen LogP contribution in [0.2, 0.25) is 0 Å². The second-order valence-electron chi connectivity index (χ2n) is 5.23. The van der Waals surface area contributed by atoms with E-state index in [9.17, 15) is 8.42 Å². The molecule has 0 aliphatic carbocycles. The summed E-state index contributed by atoms with van der Waals surface area (Å²) in [6, 6.07) is 7.55. The van der Waals surface area contributed by atoms with E-state index in [1.807, 2.05) is 24.3 Å². The molecule has 0 unspecified atom stereocenters. The maximum Gasteiger partial charge on any atom is 0.153 e. The number of hydrogen-bond acceptors (Lipinski definition) is 5. The van der Waals surface area contributed by atoms with Crippen LogP contribution >= 0.6 is 0 Å². The van der Waals surface area contributed by atoms with Crippen LogP contribution in [0, 0.1) is 0 Å². The Morgan fingerprint density at radius 1 is 1.29 bits per heavy atom. The molecule has 5 nitrogen and oxygen atoms in total. The highest BCUT2D eigenvalue weighted by Gasteiger charge is 2.27. The standard InChI is InChI=1S/C15H23NO4S/c16-12-13-3-1-4-14(11-13)20-7-2-10-21(17,18)15-5-8-19-9-6-15/h1,3-4,11,15H,2,5-10,12,16H2. The summed E-state index contributed by atoms with van der Waals surface area (Å²) < 4.78 is 35.1. The van der Waals surface area contributed by atoms with Crippen molar-refractivity contribution in [1.82, 2.24) is 0 Å². The Hall–Kier alpha value is -1.11. The van der Waals surface area contributed by atoms with Crippen molar-refractivity contribution in [3.8, 4) is 5.75 Å². The highest BCUT2D eigenvalue weighted by Crippen LogP contribution is 2.18. The third-order valence-electron chi connectivity index (χ3n) is 3.65. The lowest BCUT2D eigenvalue weighted by Crippen LogP contribution is -2.31. The summed E-state index contributed by atoms with van der Waals surface area (Å²) >= 11 is 0. The predicted molar refractivity (Wildman–Crippen MR) is 82.1 cm³/mol. The Morgan fingerprint density at radius 2 is 2.05 bits per heavy atom. The topological polar surface area (TPSA) is 78.6 Å². The summed E-state index contributed by atoms with van der Waals surface area (Å²) in [5, 5.41) is -0.244. The second kappa shape index (κ2) is 7.77. The Balaban J connectivity index is 1.75. The second-order valence-corrected chi connectivity index (χ2v) is 7.63. The molecule has 1 fully saturated rings. The van der Waals surface area contributed by atoms with Gasteiger partial charge in [-0.25, -0.2) is 8.42 Å². The van der Waals surface area contributed by atoms with Gasteiger partial charge in [-0.15, -0.1) is 0 Å². The van der Waals surface area contributed by atoms with E-state index < -0.39 is 9.84 Å². The van der Waals surface area contributed by atoms with Crippen molar-refractivity contribution in [2.75, 3.05) is 25.6 Å². The van der Waals surface area contributed by atoms with Crippen LogP contribution < -0.4 is 10.5 Å². The zero-order valence-electron chi connectivity index (χ0n) is 12.2. The molecule has 1 aliphatic heterocycles. The van der Waals surface area contributed by atoms with E-state index in [2.05, 4.69) is 0 Å². The smallest absolute Gasteiger partial charge is 0.153 e. The van der Waals surface area contributed by atoms with Gasteiger partial charge < -0.3 is 15.2 Å². The van der Waals surface area contributed by atoms with Gasteiger partial charge in [-0.3, -0.25) is 0 Å². The molecule has 2 N–H and O–H groups in total. The van der Waals surface area contributed by atoms with Crippen LogP contribution in [0.3, 0.4) is 0 Å². The summed E-state index contributed by atoms with van der Waals surface area (Å²) in [7, 11) is -3.03. The number of hydrogen-bond donors (Lipinski definition) is 1. The lowest BCUT2D eigenvalue weighted by Gasteiger charge is -2.22. The van der Waals surface area contributed by atoms with Crippen molar-refractivity contribution in [2.45, 2.75) is 31.1 Å². The van der Waals surface area contributed by atoms with E-state index in [0.29, 0.717) is 45.6 Å². The van der Waals surface area contributed by atoms with Crippen LogP contribution in [0.1, 0.15) is 24.8 Å². The summed E-state index contributed by atoms with van der Waals surface area (Å²) in [6.07, 6.45) is 1.73. The zero-order chi connectivity index (χ0) is 15.1. The third-order valence-corrected chi connectivity index (χ3v) is 6.00. The van der Waals surface area contributed by atoms with E-state index in [1.54, 1.807) is 0 Å². The van der Waals surface area contributed by atoms with Gasteiger partial charge in [-0.05, 0) is 37.0 Å². The number of sulfone groups is 1. The van der Waals surface area contributed by atoms with E-state index in [4.69, 9.17) is 15.2 Å². The zero-order valence-corrected chi connectivity index (χ0v) is 13.0. The first kappa shape index (κ1) is 16.3. The Morgan fingerprint density at radius 3 is 2.76 bits per heavy atom. The third kappa shape index (κ3) is 4.98. The van der Waals surface area contributed by atoms with Gasteiger partial charge in [0, 0.05) is 19.8 Å². The van der Waals surface area contributed by atoms with Gasteiger partial charge in [0.05, 0.1) is 17.6 Å². The van der Waals surface area contributed by atoms with Crippen LogP contribution in [-0.4, -0.2) is 39.2 Å². The minimum absolute atomic E-state index is 0.175. The summed E-state index contributed by atoms with van der Waals surface area (Å²) in [5.41, 5.74) is 6.57. The molecule has 0 amide bonds. The van der Waals surface area contributed by atoms with Gasteiger partial charge >= 0.3 is 0 Å². The van der Waals surface area contributed by atoms with Crippen molar-refractivity contribution in [3.05, 3.63) is 29.8 Å². The van der Waals surface area contributed by atoms with Crippen molar-refractivity contribution in [1.29, 1.82) is 0 Å². The van der Waals surface area contributed by atoms with E-state index in [-0.39, 0.29) is 11.0 Å². The van der Waals surface area contributed by atoms with Crippen LogP contribution in [0.15, 0.2) is 24.3 Å². The molecule has 1 aromatic rings. The Labute approximate surface area is 126 Å². The van der Waals surface area contributed by atoms with Gasteiger partial charge in [0.2, 0.25) is 0 Å².